The number of hydrogen-bond donors (Lipinski definition) is 1. The van der Waals surface area contributed by atoms with Crippen LogP contribution in [0.15, 0.2) is 24.3 Å². The molecule has 1 aromatic carbocycles. The summed E-state index contributed by atoms with van der Waals surface area (Å²) in [5.41, 5.74) is 3.60. The van der Waals surface area contributed by atoms with Crippen molar-refractivity contribution in [3.05, 3.63) is 41.1 Å². The number of nitrogens with zero attached hydrogens (tertiary/aromatic N) is 2. The van der Waals surface area contributed by atoms with Crippen LogP contribution in [0.5, 0.6) is 0 Å². The Balaban J connectivity index is 1.58. The van der Waals surface area contributed by atoms with Crippen LogP contribution in [0.2, 0.25) is 0 Å². The molecule has 0 radical (unpaired) electrons. The van der Waals surface area contributed by atoms with E-state index in [1.54, 1.807) is 0 Å². The van der Waals surface area contributed by atoms with E-state index in [-0.39, 0.29) is 5.91 Å². The summed E-state index contributed by atoms with van der Waals surface area (Å²) >= 11 is 0. The molecule has 24 heavy (non-hydrogen) atoms. The molecular formula is C20H27N3O. The van der Waals surface area contributed by atoms with Crippen LogP contribution in [0.1, 0.15) is 47.3 Å². The first-order chi connectivity index (χ1) is 11.6. The van der Waals surface area contributed by atoms with E-state index in [4.69, 9.17) is 0 Å². The number of likely N-dealkylation sites (tertiary alicyclic amines) is 1. The maximum Gasteiger partial charge on any atom is 0.253 e. The number of amides is 1. The van der Waals surface area contributed by atoms with Crippen molar-refractivity contribution >= 4 is 16.8 Å². The molecule has 0 bridgehead atoms. The highest BCUT2D eigenvalue weighted by Gasteiger charge is 2.12. The second-order valence-corrected chi connectivity index (χ2v) is 6.83. The van der Waals surface area contributed by atoms with E-state index in [1.807, 2.05) is 19.1 Å². The molecule has 3 rings (SSSR count). The number of pyridine rings is 1. The van der Waals surface area contributed by atoms with Crippen LogP contribution in [0.4, 0.5) is 0 Å². The van der Waals surface area contributed by atoms with Gasteiger partial charge in [-0.3, -0.25) is 9.78 Å². The van der Waals surface area contributed by atoms with Gasteiger partial charge in [0, 0.05) is 11.9 Å². The first-order valence-electron chi connectivity index (χ1n) is 9.02. The fourth-order valence-corrected chi connectivity index (χ4v) is 3.40. The first kappa shape index (κ1) is 16.9. The second kappa shape index (κ2) is 7.75. The Hall–Kier alpha value is -1.94. The van der Waals surface area contributed by atoms with E-state index in [2.05, 4.69) is 34.3 Å². The smallest absolute Gasteiger partial charge is 0.253 e. The summed E-state index contributed by atoms with van der Waals surface area (Å²) in [4.78, 5) is 19.6. The Morgan fingerprint density at radius 2 is 1.96 bits per heavy atom. The monoisotopic (exact) mass is 325 g/mol. The van der Waals surface area contributed by atoms with E-state index in [9.17, 15) is 4.79 Å². The Bertz CT molecular complexity index is 720. The number of fused-ring (bicyclic) bond motifs is 1. The van der Waals surface area contributed by atoms with Gasteiger partial charge in [-0.25, -0.2) is 0 Å². The van der Waals surface area contributed by atoms with E-state index in [0.717, 1.165) is 36.1 Å². The van der Waals surface area contributed by atoms with Crippen molar-refractivity contribution in [3.63, 3.8) is 0 Å². The van der Waals surface area contributed by atoms with Gasteiger partial charge in [0.1, 0.15) is 0 Å². The largest absolute Gasteiger partial charge is 0.352 e. The summed E-state index contributed by atoms with van der Waals surface area (Å²) in [6.07, 6.45) is 4.99. The van der Waals surface area contributed by atoms with Crippen LogP contribution < -0.4 is 5.32 Å². The highest BCUT2D eigenvalue weighted by atomic mass is 16.1. The van der Waals surface area contributed by atoms with Crippen LogP contribution in [0.3, 0.4) is 0 Å². The molecule has 2 heterocycles. The van der Waals surface area contributed by atoms with Gasteiger partial charge in [0.25, 0.3) is 5.91 Å². The van der Waals surface area contributed by atoms with Gasteiger partial charge >= 0.3 is 0 Å². The molecular weight excluding hydrogens is 298 g/mol. The quantitative estimate of drug-likeness (QED) is 0.856. The van der Waals surface area contributed by atoms with Gasteiger partial charge in [0.15, 0.2) is 0 Å². The minimum absolute atomic E-state index is 0.0120. The Morgan fingerprint density at radius 3 is 2.75 bits per heavy atom. The third-order valence-corrected chi connectivity index (χ3v) is 4.79. The molecule has 0 saturated carbocycles. The molecule has 1 saturated heterocycles. The van der Waals surface area contributed by atoms with Crippen LogP contribution in [-0.4, -0.2) is 42.0 Å². The normalized spacial score (nSPS) is 15.6. The van der Waals surface area contributed by atoms with E-state index < -0.39 is 0 Å². The molecule has 0 atom stereocenters. The maximum atomic E-state index is 12.5. The number of aromatic nitrogens is 1. The van der Waals surface area contributed by atoms with Crippen molar-refractivity contribution in [1.82, 2.24) is 15.2 Å². The predicted molar refractivity (Wildman–Crippen MR) is 98.5 cm³/mol. The van der Waals surface area contributed by atoms with Gasteiger partial charge in [-0.2, -0.15) is 0 Å². The molecule has 1 fully saturated rings. The first-order valence-corrected chi connectivity index (χ1v) is 9.02. The van der Waals surface area contributed by atoms with Crippen molar-refractivity contribution in [1.29, 1.82) is 0 Å². The molecule has 1 amide bonds. The lowest BCUT2D eigenvalue weighted by atomic mass is 10.1. The van der Waals surface area contributed by atoms with Crippen LogP contribution in [0.25, 0.3) is 10.9 Å². The molecule has 0 unspecified atom stereocenters. The molecule has 128 valence electrons. The molecule has 1 N–H and O–H groups in total. The lowest BCUT2D eigenvalue weighted by Gasteiger charge is -2.26. The molecule has 4 heteroatoms. The average Bonchev–Trinajstić information content (AvgIpc) is 2.59. The lowest BCUT2D eigenvalue weighted by molar-refractivity contribution is 0.0950. The Kier molecular flexibility index (Phi) is 5.46. The van der Waals surface area contributed by atoms with Crippen LogP contribution in [-0.2, 0) is 0 Å². The minimum atomic E-state index is -0.0120. The number of hydrogen-bond acceptors (Lipinski definition) is 3. The third kappa shape index (κ3) is 4.12. The summed E-state index contributed by atoms with van der Waals surface area (Å²) in [5, 5.41) is 4.08. The number of piperidine rings is 1. The van der Waals surface area contributed by atoms with E-state index in [1.165, 1.54) is 37.9 Å². The van der Waals surface area contributed by atoms with E-state index in [0.29, 0.717) is 5.56 Å². The van der Waals surface area contributed by atoms with Gasteiger partial charge in [0.2, 0.25) is 0 Å². The fourth-order valence-electron chi connectivity index (χ4n) is 3.40. The van der Waals surface area contributed by atoms with Gasteiger partial charge < -0.3 is 10.2 Å². The van der Waals surface area contributed by atoms with Gasteiger partial charge in [-0.1, -0.05) is 18.1 Å². The number of aryl methyl sites for hydroxylation is 2. The Morgan fingerprint density at radius 1 is 1.17 bits per heavy atom. The Labute approximate surface area is 144 Å². The summed E-state index contributed by atoms with van der Waals surface area (Å²) in [5.74, 6) is -0.0120. The summed E-state index contributed by atoms with van der Waals surface area (Å²) in [7, 11) is 0. The average molecular weight is 325 g/mol. The van der Waals surface area contributed by atoms with Gasteiger partial charge in [-0.05, 0) is 70.9 Å². The standard InChI is InChI=1S/C20H27N3O/c1-15-7-8-19-17(13-15)14-18(16(2)22-19)20(24)21-9-6-12-23-10-4-3-5-11-23/h7-8,13-14H,3-6,9-12H2,1-2H3,(H,21,24). The lowest BCUT2D eigenvalue weighted by Crippen LogP contribution is -2.33. The fraction of sp³-hybridized carbons (Fsp3) is 0.500. The van der Waals surface area contributed by atoms with Crippen molar-refractivity contribution in [3.8, 4) is 0 Å². The molecule has 0 aliphatic carbocycles. The van der Waals surface area contributed by atoms with E-state index >= 15 is 0 Å². The zero-order chi connectivity index (χ0) is 16.9. The summed E-state index contributed by atoms with van der Waals surface area (Å²) in [6, 6.07) is 8.10. The number of rotatable bonds is 5. The molecule has 2 aromatic rings. The topological polar surface area (TPSA) is 45.2 Å². The predicted octanol–water partition coefficient (Wildman–Crippen LogP) is 3.46. The summed E-state index contributed by atoms with van der Waals surface area (Å²) in [6.45, 7) is 8.18. The molecule has 0 spiro atoms. The van der Waals surface area contributed by atoms with Gasteiger partial charge in [0.05, 0.1) is 16.8 Å². The number of carbonyl (C=O) groups excluding carboxylic acids is 1. The van der Waals surface area contributed by atoms with Crippen molar-refractivity contribution < 1.29 is 4.79 Å². The molecule has 1 aromatic heterocycles. The summed E-state index contributed by atoms with van der Waals surface area (Å²) < 4.78 is 0. The van der Waals surface area contributed by atoms with Crippen molar-refractivity contribution in [2.75, 3.05) is 26.2 Å². The maximum absolute atomic E-state index is 12.5. The highest BCUT2D eigenvalue weighted by Crippen LogP contribution is 2.18. The molecule has 4 nitrogen and oxygen atoms in total. The molecule has 1 aliphatic rings. The zero-order valence-corrected chi connectivity index (χ0v) is 14.8. The van der Waals surface area contributed by atoms with Crippen LogP contribution >= 0.6 is 0 Å². The second-order valence-electron chi connectivity index (χ2n) is 6.83. The van der Waals surface area contributed by atoms with Crippen molar-refractivity contribution in [2.45, 2.75) is 39.5 Å². The van der Waals surface area contributed by atoms with Crippen molar-refractivity contribution in [2.24, 2.45) is 0 Å². The van der Waals surface area contributed by atoms with Gasteiger partial charge in [-0.15, -0.1) is 0 Å². The highest BCUT2D eigenvalue weighted by molar-refractivity contribution is 5.98. The zero-order valence-electron chi connectivity index (χ0n) is 14.8. The number of benzene rings is 1. The SMILES string of the molecule is Cc1ccc2nc(C)c(C(=O)NCCCN3CCCCC3)cc2c1. The third-order valence-electron chi connectivity index (χ3n) is 4.79. The number of carbonyl (C=O) groups is 1. The van der Waals surface area contributed by atoms with Crippen LogP contribution in [0, 0.1) is 13.8 Å². The number of nitrogens with one attached hydrogen (secondary N) is 1. The minimum Gasteiger partial charge on any atom is -0.352 e. The molecule has 1 aliphatic heterocycles.